The van der Waals surface area contributed by atoms with Crippen molar-refractivity contribution in [3.8, 4) is 18.4 Å². The number of amides is 3. The fourth-order valence-corrected chi connectivity index (χ4v) is 4.30. The Labute approximate surface area is 213 Å². The van der Waals surface area contributed by atoms with Gasteiger partial charge in [-0.05, 0) is 45.2 Å². The van der Waals surface area contributed by atoms with Gasteiger partial charge in [0.25, 0.3) is 0 Å². The van der Waals surface area contributed by atoms with Gasteiger partial charge < -0.3 is 20.3 Å². The van der Waals surface area contributed by atoms with E-state index >= 15 is 0 Å². The lowest BCUT2D eigenvalue weighted by Gasteiger charge is -2.34. The fraction of sp³-hybridized carbons (Fsp3) is 0.538. The topological polar surface area (TPSA) is 112 Å². The zero-order chi connectivity index (χ0) is 26.0. The third-order valence-corrected chi connectivity index (χ3v) is 5.98. The predicted molar refractivity (Wildman–Crippen MR) is 136 cm³/mol. The van der Waals surface area contributed by atoms with Gasteiger partial charge in [-0.1, -0.05) is 43.4 Å². The Morgan fingerprint density at radius 3 is 2.46 bits per heavy atom. The van der Waals surface area contributed by atoms with Gasteiger partial charge in [0.15, 0.2) is 0 Å². The molecule has 0 bridgehead atoms. The zero-order valence-corrected chi connectivity index (χ0v) is 21.4. The minimum atomic E-state index is -1.15. The van der Waals surface area contributed by atoms with Gasteiger partial charge in [-0.3, -0.25) is 9.59 Å². The average Bonchev–Trinajstić information content (AvgIpc) is 2.81. The number of thiol groups is 1. The normalized spacial score (nSPS) is 15.6. The first-order valence-corrected chi connectivity index (χ1v) is 12.4. The summed E-state index contributed by atoms with van der Waals surface area (Å²) in [5.74, 6) is 1.45. The van der Waals surface area contributed by atoms with E-state index in [0.29, 0.717) is 11.1 Å². The van der Waals surface area contributed by atoms with E-state index in [1.807, 2.05) is 6.07 Å². The predicted octanol–water partition coefficient (Wildman–Crippen LogP) is 3.33. The number of benzene rings is 1. The second-order valence-corrected chi connectivity index (χ2v) is 9.85. The van der Waals surface area contributed by atoms with Crippen LogP contribution < -0.4 is 10.6 Å². The first kappa shape index (κ1) is 28.1. The van der Waals surface area contributed by atoms with Gasteiger partial charge in [0.2, 0.25) is 11.8 Å². The Bertz CT molecular complexity index is 986. The van der Waals surface area contributed by atoms with Crippen LogP contribution in [0.2, 0.25) is 0 Å². The summed E-state index contributed by atoms with van der Waals surface area (Å²) in [5.41, 5.74) is 0.103. The molecule has 188 valence electrons. The molecule has 1 saturated carbocycles. The number of carbonyl (C=O) groups is 3. The SMILES string of the molecule is C#Cc1ccccc1C(C(=O)NC1CCCCC1)N(CC#N)C(=O)C(CS)NC(=O)OC(C)(C)C. The maximum atomic E-state index is 13.6. The van der Waals surface area contributed by atoms with Crippen LogP contribution in [0.25, 0.3) is 0 Å². The highest BCUT2D eigenvalue weighted by molar-refractivity contribution is 7.80. The lowest BCUT2D eigenvalue weighted by atomic mass is 9.93. The van der Waals surface area contributed by atoms with E-state index in [9.17, 15) is 19.6 Å². The van der Waals surface area contributed by atoms with Crippen molar-refractivity contribution >= 4 is 30.5 Å². The van der Waals surface area contributed by atoms with Gasteiger partial charge in [-0.2, -0.15) is 17.9 Å². The van der Waals surface area contributed by atoms with Gasteiger partial charge in [0.1, 0.15) is 24.2 Å². The van der Waals surface area contributed by atoms with Crippen LogP contribution in [0, 0.1) is 23.7 Å². The number of hydrogen-bond donors (Lipinski definition) is 3. The van der Waals surface area contributed by atoms with Crippen molar-refractivity contribution in [2.75, 3.05) is 12.3 Å². The van der Waals surface area contributed by atoms with Gasteiger partial charge in [-0.25, -0.2) is 4.79 Å². The number of carbonyl (C=O) groups excluding carboxylic acids is 3. The molecule has 0 radical (unpaired) electrons. The van der Waals surface area contributed by atoms with Crippen LogP contribution in [0.15, 0.2) is 24.3 Å². The summed E-state index contributed by atoms with van der Waals surface area (Å²) in [6, 6.07) is 6.50. The molecule has 0 heterocycles. The van der Waals surface area contributed by atoms with E-state index < -0.39 is 35.6 Å². The molecule has 0 saturated heterocycles. The number of nitrogens with zero attached hydrogens (tertiary/aromatic N) is 2. The summed E-state index contributed by atoms with van der Waals surface area (Å²) in [6.45, 7) is 4.72. The number of ether oxygens (including phenoxy) is 1. The summed E-state index contributed by atoms with van der Waals surface area (Å²) < 4.78 is 5.26. The number of alkyl carbamates (subject to hydrolysis) is 1. The van der Waals surface area contributed by atoms with E-state index in [2.05, 4.69) is 29.2 Å². The molecule has 1 aromatic rings. The van der Waals surface area contributed by atoms with Crippen molar-refractivity contribution in [1.82, 2.24) is 15.5 Å². The highest BCUT2D eigenvalue weighted by Crippen LogP contribution is 2.27. The first-order valence-electron chi connectivity index (χ1n) is 11.7. The van der Waals surface area contributed by atoms with Crippen molar-refractivity contribution < 1.29 is 19.1 Å². The van der Waals surface area contributed by atoms with Gasteiger partial charge in [-0.15, -0.1) is 6.42 Å². The summed E-state index contributed by atoms with van der Waals surface area (Å²) in [5, 5.41) is 15.1. The fourth-order valence-electron chi connectivity index (χ4n) is 4.05. The second-order valence-electron chi connectivity index (χ2n) is 9.48. The number of terminal acetylenes is 1. The molecule has 0 spiro atoms. The molecule has 2 N–H and O–H groups in total. The minimum absolute atomic E-state index is 0.0173. The lowest BCUT2D eigenvalue weighted by molar-refractivity contribution is -0.141. The van der Waals surface area contributed by atoms with Crippen LogP contribution in [0.1, 0.15) is 70.0 Å². The molecule has 1 fully saturated rings. The van der Waals surface area contributed by atoms with E-state index in [1.165, 1.54) is 0 Å². The van der Waals surface area contributed by atoms with Crippen molar-refractivity contribution in [2.45, 2.75) is 76.6 Å². The Balaban J connectivity index is 2.43. The standard InChI is InChI=1S/C26H34N4O4S/c1-5-18-11-9-10-14-20(18)22(23(31)28-19-12-7-6-8-13-19)30(16-15-27)24(32)21(17-35)29-25(33)34-26(2,3)4/h1,9-11,14,19,21-22,35H,6-8,12-13,16-17H2,2-4H3,(H,28,31)(H,29,33). The van der Waals surface area contributed by atoms with Crippen LogP contribution in [-0.4, -0.2) is 52.8 Å². The van der Waals surface area contributed by atoms with E-state index in [-0.39, 0.29) is 18.3 Å². The summed E-state index contributed by atoms with van der Waals surface area (Å²) >= 11 is 4.22. The second kappa shape index (κ2) is 13.1. The Morgan fingerprint density at radius 2 is 1.89 bits per heavy atom. The number of hydrogen-bond acceptors (Lipinski definition) is 6. The van der Waals surface area contributed by atoms with Crippen molar-refractivity contribution in [2.24, 2.45) is 0 Å². The number of rotatable bonds is 8. The van der Waals surface area contributed by atoms with E-state index in [4.69, 9.17) is 11.2 Å². The molecular formula is C26H34N4O4S. The largest absolute Gasteiger partial charge is 0.444 e. The number of nitrogens with one attached hydrogen (secondary N) is 2. The molecule has 2 unspecified atom stereocenters. The first-order chi connectivity index (χ1) is 16.6. The van der Waals surface area contributed by atoms with Crippen LogP contribution in [0.4, 0.5) is 4.79 Å². The molecule has 1 aliphatic rings. The van der Waals surface area contributed by atoms with Gasteiger partial charge in [0, 0.05) is 17.4 Å². The van der Waals surface area contributed by atoms with Crippen LogP contribution in [0.5, 0.6) is 0 Å². The van der Waals surface area contributed by atoms with Crippen LogP contribution in [-0.2, 0) is 14.3 Å². The average molecular weight is 499 g/mol. The third kappa shape index (κ3) is 8.22. The Morgan fingerprint density at radius 1 is 1.23 bits per heavy atom. The highest BCUT2D eigenvalue weighted by Gasteiger charge is 2.37. The number of nitriles is 1. The Kier molecular flexibility index (Phi) is 10.5. The van der Waals surface area contributed by atoms with E-state index in [0.717, 1.165) is 37.0 Å². The smallest absolute Gasteiger partial charge is 0.408 e. The zero-order valence-electron chi connectivity index (χ0n) is 20.5. The summed E-state index contributed by atoms with van der Waals surface area (Å²) in [6.07, 6.45) is 9.74. The van der Waals surface area contributed by atoms with Crippen molar-refractivity contribution in [3.05, 3.63) is 35.4 Å². The Hall–Kier alpha value is -3.17. The quantitative estimate of drug-likeness (QED) is 0.289. The minimum Gasteiger partial charge on any atom is -0.444 e. The van der Waals surface area contributed by atoms with Crippen molar-refractivity contribution in [3.63, 3.8) is 0 Å². The molecule has 1 aromatic carbocycles. The van der Waals surface area contributed by atoms with Crippen LogP contribution >= 0.6 is 12.6 Å². The molecule has 9 heteroatoms. The summed E-state index contributed by atoms with van der Waals surface area (Å²) in [7, 11) is 0. The molecule has 8 nitrogen and oxygen atoms in total. The molecule has 0 aliphatic heterocycles. The highest BCUT2D eigenvalue weighted by atomic mass is 32.1. The molecule has 2 atom stereocenters. The van der Waals surface area contributed by atoms with Crippen molar-refractivity contribution in [1.29, 1.82) is 5.26 Å². The maximum Gasteiger partial charge on any atom is 0.408 e. The summed E-state index contributed by atoms with van der Waals surface area (Å²) in [4.78, 5) is 40.7. The molecular weight excluding hydrogens is 464 g/mol. The monoisotopic (exact) mass is 498 g/mol. The lowest BCUT2D eigenvalue weighted by Crippen LogP contribution is -2.54. The third-order valence-electron chi connectivity index (χ3n) is 5.62. The molecule has 35 heavy (non-hydrogen) atoms. The molecule has 2 rings (SSSR count). The molecule has 3 amide bonds. The maximum absolute atomic E-state index is 13.6. The van der Waals surface area contributed by atoms with Crippen LogP contribution in [0.3, 0.4) is 0 Å². The molecule has 1 aliphatic carbocycles. The molecule has 0 aromatic heterocycles. The van der Waals surface area contributed by atoms with Gasteiger partial charge in [0.05, 0.1) is 6.07 Å². The van der Waals surface area contributed by atoms with Gasteiger partial charge >= 0.3 is 6.09 Å². The van der Waals surface area contributed by atoms with E-state index in [1.54, 1.807) is 45.0 Å².